The van der Waals surface area contributed by atoms with Gasteiger partial charge in [0, 0.05) is 16.9 Å². The monoisotopic (exact) mass is 330 g/mol. The maximum atomic E-state index is 11.9. The maximum absolute atomic E-state index is 11.9. The minimum atomic E-state index is -3.77. The molecule has 1 aromatic heterocycles. The Morgan fingerprint density at radius 1 is 1.35 bits per heavy atom. The first-order chi connectivity index (χ1) is 9.36. The van der Waals surface area contributed by atoms with Crippen LogP contribution in [0.5, 0.6) is 0 Å². The molecule has 0 saturated carbocycles. The zero-order valence-electron chi connectivity index (χ0n) is 10.2. The van der Waals surface area contributed by atoms with E-state index in [-0.39, 0.29) is 15.7 Å². The number of benzene rings is 1. The van der Waals surface area contributed by atoms with E-state index in [1.807, 2.05) is 6.07 Å². The number of carbonyl (C=O) groups excluding carboxylic acids is 1. The van der Waals surface area contributed by atoms with Crippen molar-refractivity contribution in [3.63, 3.8) is 0 Å². The van der Waals surface area contributed by atoms with Crippen molar-refractivity contribution in [1.82, 2.24) is 5.32 Å². The van der Waals surface area contributed by atoms with E-state index < -0.39 is 10.0 Å². The molecule has 20 heavy (non-hydrogen) atoms. The van der Waals surface area contributed by atoms with Gasteiger partial charge in [-0.1, -0.05) is 23.7 Å². The first-order valence-corrected chi connectivity index (χ1v) is 8.30. The molecule has 0 bridgehead atoms. The summed E-state index contributed by atoms with van der Waals surface area (Å²) >= 11 is 6.75. The molecule has 0 aliphatic carbocycles. The van der Waals surface area contributed by atoms with Crippen LogP contribution >= 0.6 is 22.9 Å². The minimum Gasteiger partial charge on any atom is -0.348 e. The van der Waals surface area contributed by atoms with E-state index in [9.17, 15) is 13.2 Å². The number of carbonyl (C=O) groups is 1. The van der Waals surface area contributed by atoms with Gasteiger partial charge in [-0.2, -0.15) is 0 Å². The normalized spacial score (nSPS) is 11.3. The number of sulfonamides is 1. The van der Waals surface area contributed by atoms with Crippen molar-refractivity contribution < 1.29 is 13.2 Å². The molecule has 1 aromatic carbocycles. The second kappa shape index (κ2) is 5.92. The SMILES string of the molecule is NS(=O)(=O)c1cc(C(=O)NCc2cccc(Cl)c2)cs1. The molecule has 0 spiro atoms. The molecule has 0 saturated heterocycles. The molecule has 8 heteroatoms. The fourth-order valence-corrected chi connectivity index (χ4v) is 3.31. The second-order valence-corrected chi connectivity index (χ2v) is 7.15. The van der Waals surface area contributed by atoms with Crippen LogP contribution in [0, 0.1) is 0 Å². The van der Waals surface area contributed by atoms with Crippen LogP contribution in [0.25, 0.3) is 0 Å². The molecule has 106 valence electrons. The van der Waals surface area contributed by atoms with E-state index in [1.165, 1.54) is 11.4 Å². The number of hydrogen-bond donors (Lipinski definition) is 2. The summed E-state index contributed by atoms with van der Waals surface area (Å²) in [4.78, 5) is 11.9. The highest BCUT2D eigenvalue weighted by molar-refractivity contribution is 7.91. The van der Waals surface area contributed by atoms with Crippen LogP contribution < -0.4 is 10.5 Å². The lowest BCUT2D eigenvalue weighted by Gasteiger charge is -2.04. The lowest BCUT2D eigenvalue weighted by atomic mass is 10.2. The predicted octanol–water partition coefficient (Wildman–Crippen LogP) is 1.98. The summed E-state index contributed by atoms with van der Waals surface area (Å²) < 4.78 is 22.2. The Morgan fingerprint density at radius 2 is 2.10 bits per heavy atom. The Hall–Kier alpha value is -1.41. The third-order valence-corrected chi connectivity index (χ3v) is 5.08. The quantitative estimate of drug-likeness (QED) is 0.898. The molecule has 5 nitrogen and oxygen atoms in total. The van der Waals surface area contributed by atoms with Gasteiger partial charge in [0.2, 0.25) is 10.0 Å². The van der Waals surface area contributed by atoms with Crippen molar-refractivity contribution in [3.05, 3.63) is 51.9 Å². The average molecular weight is 331 g/mol. The molecule has 1 amide bonds. The van der Waals surface area contributed by atoms with Crippen LogP contribution in [0.3, 0.4) is 0 Å². The highest BCUT2D eigenvalue weighted by atomic mass is 35.5. The summed E-state index contributed by atoms with van der Waals surface area (Å²) in [5.74, 6) is -0.365. The van der Waals surface area contributed by atoms with E-state index in [1.54, 1.807) is 18.2 Å². The van der Waals surface area contributed by atoms with E-state index >= 15 is 0 Å². The first kappa shape index (κ1) is 15.0. The van der Waals surface area contributed by atoms with E-state index in [0.29, 0.717) is 11.6 Å². The van der Waals surface area contributed by atoms with Crippen molar-refractivity contribution in [2.24, 2.45) is 5.14 Å². The fraction of sp³-hybridized carbons (Fsp3) is 0.0833. The van der Waals surface area contributed by atoms with Gasteiger partial charge >= 0.3 is 0 Å². The Balaban J connectivity index is 2.04. The van der Waals surface area contributed by atoms with Gasteiger partial charge in [-0.05, 0) is 23.8 Å². The number of halogens is 1. The molecule has 0 aliphatic heterocycles. The smallest absolute Gasteiger partial charge is 0.252 e. The molecule has 0 fully saturated rings. The number of nitrogens with two attached hydrogens (primary N) is 1. The predicted molar refractivity (Wildman–Crippen MR) is 78.3 cm³/mol. The van der Waals surface area contributed by atoms with Gasteiger partial charge in [-0.25, -0.2) is 13.6 Å². The molecule has 2 rings (SSSR count). The van der Waals surface area contributed by atoms with Crippen molar-refractivity contribution in [3.8, 4) is 0 Å². The number of primary sulfonamides is 1. The van der Waals surface area contributed by atoms with E-state index in [4.69, 9.17) is 16.7 Å². The zero-order chi connectivity index (χ0) is 14.8. The minimum absolute atomic E-state index is 0.0367. The van der Waals surface area contributed by atoms with Crippen LogP contribution in [0.4, 0.5) is 0 Å². The number of amides is 1. The maximum Gasteiger partial charge on any atom is 0.252 e. The third-order valence-electron chi connectivity index (χ3n) is 2.46. The molecule has 2 aromatic rings. The lowest BCUT2D eigenvalue weighted by Crippen LogP contribution is -2.22. The Kier molecular flexibility index (Phi) is 4.44. The molecule has 0 atom stereocenters. The van der Waals surface area contributed by atoms with Gasteiger partial charge in [0.05, 0.1) is 5.56 Å². The topological polar surface area (TPSA) is 89.3 Å². The average Bonchev–Trinajstić information content (AvgIpc) is 2.85. The van der Waals surface area contributed by atoms with E-state index in [0.717, 1.165) is 16.9 Å². The molecule has 1 heterocycles. The number of nitrogens with one attached hydrogen (secondary N) is 1. The van der Waals surface area contributed by atoms with Gasteiger partial charge < -0.3 is 5.32 Å². The molecule has 0 unspecified atom stereocenters. The van der Waals surface area contributed by atoms with Gasteiger partial charge in [0.1, 0.15) is 4.21 Å². The van der Waals surface area contributed by atoms with Gasteiger partial charge in [-0.3, -0.25) is 4.79 Å². The summed E-state index contributed by atoms with van der Waals surface area (Å²) in [5, 5.41) is 9.71. The Bertz CT molecular complexity index is 741. The number of thiophene rings is 1. The van der Waals surface area contributed by atoms with Crippen molar-refractivity contribution >= 4 is 38.9 Å². The third kappa shape index (κ3) is 3.80. The van der Waals surface area contributed by atoms with Crippen LogP contribution in [-0.4, -0.2) is 14.3 Å². The Morgan fingerprint density at radius 3 is 2.70 bits per heavy atom. The van der Waals surface area contributed by atoms with Gasteiger partial charge in [-0.15, -0.1) is 11.3 Å². The second-order valence-electron chi connectivity index (χ2n) is 4.01. The number of hydrogen-bond acceptors (Lipinski definition) is 4. The van der Waals surface area contributed by atoms with E-state index in [2.05, 4.69) is 5.32 Å². The van der Waals surface area contributed by atoms with Crippen molar-refractivity contribution in [2.45, 2.75) is 10.8 Å². The summed E-state index contributed by atoms with van der Waals surface area (Å²) in [7, 11) is -3.77. The van der Waals surface area contributed by atoms with Crippen LogP contribution in [0.1, 0.15) is 15.9 Å². The largest absolute Gasteiger partial charge is 0.348 e. The molecule has 0 aliphatic rings. The lowest BCUT2D eigenvalue weighted by molar-refractivity contribution is 0.0951. The van der Waals surface area contributed by atoms with Crippen LogP contribution in [-0.2, 0) is 16.6 Å². The summed E-state index contributed by atoms with van der Waals surface area (Å²) in [6.07, 6.45) is 0. The summed E-state index contributed by atoms with van der Waals surface area (Å²) in [6, 6.07) is 8.35. The highest BCUT2D eigenvalue weighted by Crippen LogP contribution is 2.18. The van der Waals surface area contributed by atoms with Gasteiger partial charge in [0.15, 0.2) is 0 Å². The summed E-state index contributed by atoms with van der Waals surface area (Å²) in [5.41, 5.74) is 1.12. The first-order valence-electron chi connectivity index (χ1n) is 5.50. The highest BCUT2D eigenvalue weighted by Gasteiger charge is 2.14. The van der Waals surface area contributed by atoms with Gasteiger partial charge in [0.25, 0.3) is 5.91 Å². The Labute approximate surface area is 125 Å². The zero-order valence-corrected chi connectivity index (χ0v) is 12.6. The van der Waals surface area contributed by atoms with Crippen LogP contribution in [0.2, 0.25) is 5.02 Å². The molecule has 0 radical (unpaired) electrons. The molecule has 3 N–H and O–H groups in total. The summed E-state index contributed by atoms with van der Waals surface area (Å²) in [6.45, 7) is 0.306. The number of rotatable bonds is 4. The van der Waals surface area contributed by atoms with Crippen molar-refractivity contribution in [2.75, 3.05) is 0 Å². The van der Waals surface area contributed by atoms with Crippen LogP contribution in [0.15, 0.2) is 39.9 Å². The van der Waals surface area contributed by atoms with Crippen molar-refractivity contribution in [1.29, 1.82) is 0 Å². The standard InChI is InChI=1S/C12H11ClN2O3S2/c13-10-3-1-2-8(4-10)6-15-12(16)9-5-11(19-7-9)20(14,17)18/h1-5,7H,6H2,(H,15,16)(H2,14,17,18). The fourth-order valence-electron chi connectivity index (χ4n) is 1.52. The molecular weight excluding hydrogens is 320 g/mol. The molecular formula is C12H11ClN2O3S2.